The molecule has 86 valence electrons. The third kappa shape index (κ3) is 3.58. The number of carbonyl (C=O) groups is 2. The molecule has 0 aliphatic carbocycles. The van der Waals surface area contributed by atoms with Crippen LogP contribution < -0.4 is 10.8 Å². The molecule has 0 atom stereocenters. The Morgan fingerprint density at radius 1 is 1.12 bits per heavy atom. The van der Waals surface area contributed by atoms with E-state index in [0.29, 0.717) is 0 Å². The van der Waals surface area contributed by atoms with Gasteiger partial charge in [-0.15, -0.1) is 0 Å². The van der Waals surface area contributed by atoms with E-state index in [9.17, 15) is 14.7 Å². The van der Waals surface area contributed by atoms with Crippen molar-refractivity contribution in [3.8, 4) is 5.75 Å². The molecule has 4 N–H and O–H groups in total. The van der Waals surface area contributed by atoms with Crippen LogP contribution in [0.2, 0.25) is 0 Å². The van der Waals surface area contributed by atoms with Crippen molar-refractivity contribution in [2.24, 2.45) is 0 Å². The molecule has 0 spiro atoms. The van der Waals surface area contributed by atoms with Gasteiger partial charge in [0.2, 0.25) is 11.8 Å². The van der Waals surface area contributed by atoms with E-state index in [4.69, 9.17) is 5.21 Å². The zero-order chi connectivity index (χ0) is 12.0. The number of phenolic OH excluding ortho intramolecular Hbond substituents is 1. The minimum absolute atomic E-state index is 0.0394. The van der Waals surface area contributed by atoms with Crippen LogP contribution in [0.4, 0.5) is 5.69 Å². The molecule has 0 saturated carbocycles. The van der Waals surface area contributed by atoms with Crippen molar-refractivity contribution < 1.29 is 19.9 Å². The summed E-state index contributed by atoms with van der Waals surface area (Å²) in [4.78, 5) is 21.9. The van der Waals surface area contributed by atoms with E-state index in [1.54, 1.807) is 18.2 Å². The van der Waals surface area contributed by atoms with Gasteiger partial charge in [-0.05, 0) is 12.1 Å². The Labute approximate surface area is 91.9 Å². The highest BCUT2D eigenvalue weighted by Crippen LogP contribution is 2.21. The summed E-state index contributed by atoms with van der Waals surface area (Å²) in [6.07, 6.45) is -0.184. The number of carbonyl (C=O) groups excluding carboxylic acids is 2. The second-order valence-electron chi connectivity index (χ2n) is 3.10. The topological polar surface area (TPSA) is 98.7 Å². The van der Waals surface area contributed by atoms with Gasteiger partial charge in [-0.1, -0.05) is 12.1 Å². The van der Waals surface area contributed by atoms with Crippen molar-refractivity contribution in [3.05, 3.63) is 24.3 Å². The fourth-order valence-electron chi connectivity index (χ4n) is 1.08. The lowest BCUT2D eigenvalue weighted by atomic mass is 10.2. The van der Waals surface area contributed by atoms with E-state index in [2.05, 4.69) is 5.32 Å². The summed E-state index contributed by atoms with van der Waals surface area (Å²) in [6.45, 7) is 0. The molecule has 0 heterocycles. The molecule has 0 saturated heterocycles. The Morgan fingerprint density at radius 2 is 1.75 bits per heavy atom. The number of anilines is 1. The highest BCUT2D eigenvalue weighted by Gasteiger charge is 2.08. The number of aromatic hydroxyl groups is 1. The van der Waals surface area contributed by atoms with Crippen LogP contribution in [-0.4, -0.2) is 22.1 Å². The highest BCUT2D eigenvalue weighted by molar-refractivity contribution is 5.94. The number of hydrogen-bond donors (Lipinski definition) is 4. The lowest BCUT2D eigenvalue weighted by molar-refractivity contribution is -0.131. The molecule has 1 aromatic rings. The standard InChI is InChI=1S/C10H12N2O4/c13-8-4-2-1-3-7(8)11-9(14)5-6-10(15)12-16/h1-4,13,16H,5-6H2,(H,11,14)(H,12,15). The summed E-state index contributed by atoms with van der Waals surface area (Å²) in [7, 11) is 0. The van der Waals surface area contributed by atoms with Crippen LogP contribution in [0.15, 0.2) is 24.3 Å². The lowest BCUT2D eigenvalue weighted by Crippen LogP contribution is -2.21. The largest absolute Gasteiger partial charge is 0.506 e. The van der Waals surface area contributed by atoms with Gasteiger partial charge in [0.05, 0.1) is 5.69 Å². The molecule has 0 aromatic heterocycles. The molecule has 1 rings (SSSR count). The first kappa shape index (κ1) is 12.0. The monoisotopic (exact) mass is 224 g/mol. The fourth-order valence-corrected chi connectivity index (χ4v) is 1.08. The van der Waals surface area contributed by atoms with Crippen molar-refractivity contribution in [2.45, 2.75) is 12.8 Å². The Morgan fingerprint density at radius 3 is 2.38 bits per heavy atom. The zero-order valence-electron chi connectivity index (χ0n) is 8.43. The Bertz CT molecular complexity index is 392. The van der Waals surface area contributed by atoms with Gasteiger partial charge in [-0.2, -0.15) is 0 Å². The number of phenols is 1. The molecule has 2 amide bonds. The van der Waals surface area contributed by atoms with E-state index in [0.717, 1.165) is 0 Å². The van der Waals surface area contributed by atoms with Gasteiger partial charge in [0, 0.05) is 12.8 Å². The van der Waals surface area contributed by atoms with Gasteiger partial charge in [0.1, 0.15) is 5.75 Å². The predicted octanol–water partition coefficient (Wildman–Crippen LogP) is 0.616. The average molecular weight is 224 g/mol. The van der Waals surface area contributed by atoms with Crippen LogP contribution in [0.25, 0.3) is 0 Å². The highest BCUT2D eigenvalue weighted by atomic mass is 16.5. The average Bonchev–Trinajstić information content (AvgIpc) is 2.29. The van der Waals surface area contributed by atoms with E-state index >= 15 is 0 Å². The van der Waals surface area contributed by atoms with E-state index in [-0.39, 0.29) is 24.3 Å². The Hall–Kier alpha value is -2.08. The van der Waals surface area contributed by atoms with E-state index < -0.39 is 11.8 Å². The van der Waals surface area contributed by atoms with Crippen LogP contribution in [0.1, 0.15) is 12.8 Å². The molecule has 0 radical (unpaired) electrons. The first-order valence-electron chi connectivity index (χ1n) is 4.64. The van der Waals surface area contributed by atoms with Crippen LogP contribution in [0, 0.1) is 0 Å². The number of benzene rings is 1. The van der Waals surface area contributed by atoms with Crippen molar-refractivity contribution in [1.29, 1.82) is 0 Å². The second kappa shape index (κ2) is 5.72. The van der Waals surface area contributed by atoms with Gasteiger partial charge in [0.25, 0.3) is 0 Å². The molecular weight excluding hydrogens is 212 g/mol. The quantitative estimate of drug-likeness (QED) is 0.342. The lowest BCUT2D eigenvalue weighted by Gasteiger charge is -2.06. The summed E-state index contributed by atoms with van der Waals surface area (Å²) >= 11 is 0. The molecule has 0 aliphatic rings. The summed E-state index contributed by atoms with van der Waals surface area (Å²) in [5.41, 5.74) is 1.72. The van der Waals surface area contributed by atoms with Crippen LogP contribution >= 0.6 is 0 Å². The Kier molecular flexibility index (Phi) is 4.28. The van der Waals surface area contributed by atoms with Gasteiger partial charge < -0.3 is 10.4 Å². The van der Waals surface area contributed by atoms with E-state index in [1.165, 1.54) is 11.5 Å². The van der Waals surface area contributed by atoms with Crippen LogP contribution in [0.3, 0.4) is 0 Å². The summed E-state index contributed by atoms with van der Waals surface area (Å²) < 4.78 is 0. The van der Waals surface area contributed by atoms with Gasteiger partial charge >= 0.3 is 0 Å². The molecule has 6 heteroatoms. The van der Waals surface area contributed by atoms with Crippen LogP contribution in [-0.2, 0) is 9.59 Å². The minimum atomic E-state index is -0.632. The Balaban J connectivity index is 2.46. The first-order valence-corrected chi connectivity index (χ1v) is 4.64. The van der Waals surface area contributed by atoms with Gasteiger partial charge in [-0.3, -0.25) is 14.8 Å². The maximum Gasteiger partial charge on any atom is 0.243 e. The smallest absolute Gasteiger partial charge is 0.243 e. The fraction of sp³-hybridized carbons (Fsp3) is 0.200. The van der Waals surface area contributed by atoms with Crippen molar-refractivity contribution in [1.82, 2.24) is 5.48 Å². The molecule has 0 aliphatic heterocycles. The zero-order valence-corrected chi connectivity index (χ0v) is 8.43. The maximum absolute atomic E-state index is 11.3. The third-order valence-corrected chi connectivity index (χ3v) is 1.88. The number of hydroxylamine groups is 1. The number of amides is 2. The maximum atomic E-state index is 11.3. The van der Waals surface area contributed by atoms with Gasteiger partial charge in [-0.25, -0.2) is 5.48 Å². The minimum Gasteiger partial charge on any atom is -0.506 e. The number of para-hydroxylation sites is 2. The normalized spacial score (nSPS) is 9.56. The summed E-state index contributed by atoms with van der Waals surface area (Å²) in [6, 6.07) is 6.27. The molecule has 1 aromatic carbocycles. The second-order valence-corrected chi connectivity index (χ2v) is 3.10. The molecule has 0 unspecified atom stereocenters. The number of rotatable bonds is 4. The molecule has 16 heavy (non-hydrogen) atoms. The molecule has 0 fully saturated rings. The molecular formula is C10H12N2O4. The first-order chi connectivity index (χ1) is 7.63. The SMILES string of the molecule is O=C(CCC(=O)Nc1ccccc1O)NO. The van der Waals surface area contributed by atoms with Crippen molar-refractivity contribution in [3.63, 3.8) is 0 Å². The van der Waals surface area contributed by atoms with E-state index in [1.807, 2.05) is 0 Å². The van der Waals surface area contributed by atoms with Crippen molar-refractivity contribution >= 4 is 17.5 Å². The number of nitrogens with one attached hydrogen (secondary N) is 2. The van der Waals surface area contributed by atoms with Crippen LogP contribution in [0.5, 0.6) is 5.75 Å². The predicted molar refractivity (Wildman–Crippen MR) is 55.9 cm³/mol. The van der Waals surface area contributed by atoms with Crippen molar-refractivity contribution in [2.75, 3.05) is 5.32 Å². The molecule has 0 bridgehead atoms. The third-order valence-electron chi connectivity index (χ3n) is 1.88. The summed E-state index contributed by atoms with van der Waals surface area (Å²) in [5.74, 6) is -1.08. The van der Waals surface area contributed by atoms with Gasteiger partial charge in [0.15, 0.2) is 0 Å². The number of hydrogen-bond acceptors (Lipinski definition) is 4. The molecule has 6 nitrogen and oxygen atoms in total. The summed E-state index contributed by atoms with van der Waals surface area (Å²) in [5, 5.41) is 20.0.